The van der Waals surface area contributed by atoms with E-state index in [1.807, 2.05) is 6.92 Å². The van der Waals surface area contributed by atoms with Gasteiger partial charge in [0, 0.05) is 7.05 Å². The first-order valence-corrected chi connectivity index (χ1v) is 3.66. The average Bonchev–Trinajstić information content (AvgIpc) is 2.52. The van der Waals surface area contributed by atoms with E-state index in [0.29, 0.717) is 5.95 Å². The number of rotatable bonds is 1. The molecule has 0 aliphatic rings. The lowest BCUT2D eigenvalue weighted by Gasteiger charge is -1.99. The van der Waals surface area contributed by atoms with Gasteiger partial charge < -0.3 is 5.32 Å². The van der Waals surface area contributed by atoms with Gasteiger partial charge in [0.15, 0.2) is 0 Å². The van der Waals surface area contributed by atoms with E-state index in [0.717, 1.165) is 16.7 Å². The standard InChI is InChI=1S/C7H9N5/c1-4-6-5(3-9-12-6)11-7(8-2)10-4/h3H,1-2H3,(H,9,12)(H,8,10,11). The third-order valence-electron chi connectivity index (χ3n) is 1.70. The average molecular weight is 163 g/mol. The van der Waals surface area contributed by atoms with Crippen LogP contribution in [0.25, 0.3) is 11.0 Å². The Kier molecular flexibility index (Phi) is 1.43. The molecule has 62 valence electrons. The predicted octanol–water partition coefficient (Wildman–Crippen LogP) is 0.703. The van der Waals surface area contributed by atoms with Crippen LogP contribution in [0.4, 0.5) is 5.95 Å². The Balaban J connectivity index is 2.75. The summed E-state index contributed by atoms with van der Waals surface area (Å²) in [6, 6.07) is 0. The zero-order valence-corrected chi connectivity index (χ0v) is 6.92. The molecule has 0 atom stereocenters. The second kappa shape index (κ2) is 2.44. The third-order valence-corrected chi connectivity index (χ3v) is 1.70. The topological polar surface area (TPSA) is 66.5 Å². The molecule has 0 aromatic carbocycles. The first kappa shape index (κ1) is 7.02. The minimum absolute atomic E-state index is 0.626. The van der Waals surface area contributed by atoms with Crippen molar-refractivity contribution in [1.82, 2.24) is 20.2 Å². The van der Waals surface area contributed by atoms with Gasteiger partial charge in [-0.2, -0.15) is 5.10 Å². The highest BCUT2D eigenvalue weighted by atomic mass is 15.2. The Morgan fingerprint density at radius 1 is 1.42 bits per heavy atom. The molecule has 0 unspecified atom stereocenters. The number of nitrogens with zero attached hydrogens (tertiary/aromatic N) is 3. The highest BCUT2D eigenvalue weighted by Gasteiger charge is 2.03. The van der Waals surface area contributed by atoms with Gasteiger partial charge in [0.1, 0.15) is 11.0 Å². The van der Waals surface area contributed by atoms with E-state index in [2.05, 4.69) is 25.5 Å². The fourth-order valence-electron chi connectivity index (χ4n) is 1.10. The van der Waals surface area contributed by atoms with E-state index < -0.39 is 0 Å². The summed E-state index contributed by atoms with van der Waals surface area (Å²) in [5, 5.41) is 9.60. The lowest BCUT2D eigenvalue weighted by atomic mass is 10.3. The quantitative estimate of drug-likeness (QED) is 0.649. The van der Waals surface area contributed by atoms with Gasteiger partial charge in [0.2, 0.25) is 5.95 Å². The molecular weight excluding hydrogens is 154 g/mol. The molecule has 0 saturated carbocycles. The molecule has 5 nitrogen and oxygen atoms in total. The van der Waals surface area contributed by atoms with Crippen LogP contribution < -0.4 is 5.32 Å². The van der Waals surface area contributed by atoms with Crippen molar-refractivity contribution in [2.75, 3.05) is 12.4 Å². The zero-order valence-electron chi connectivity index (χ0n) is 6.92. The number of hydrogen-bond donors (Lipinski definition) is 2. The highest BCUT2D eigenvalue weighted by Crippen LogP contribution is 2.12. The van der Waals surface area contributed by atoms with E-state index in [4.69, 9.17) is 0 Å². The molecule has 2 aromatic heterocycles. The minimum Gasteiger partial charge on any atom is -0.357 e. The SMILES string of the molecule is CNc1nc(C)c2[nH]ncc2n1. The fraction of sp³-hybridized carbons (Fsp3) is 0.286. The van der Waals surface area contributed by atoms with Crippen LogP contribution in [-0.4, -0.2) is 27.2 Å². The van der Waals surface area contributed by atoms with E-state index in [-0.39, 0.29) is 0 Å². The number of hydrogen-bond acceptors (Lipinski definition) is 4. The van der Waals surface area contributed by atoms with Crippen molar-refractivity contribution >= 4 is 17.0 Å². The normalized spacial score (nSPS) is 10.5. The Labute approximate surface area is 69.2 Å². The van der Waals surface area contributed by atoms with Gasteiger partial charge >= 0.3 is 0 Å². The summed E-state index contributed by atoms with van der Waals surface area (Å²) in [5.74, 6) is 0.626. The lowest BCUT2D eigenvalue weighted by molar-refractivity contribution is 1.09. The minimum atomic E-state index is 0.626. The number of aromatic nitrogens is 4. The number of anilines is 1. The summed E-state index contributed by atoms with van der Waals surface area (Å²) >= 11 is 0. The Morgan fingerprint density at radius 2 is 2.25 bits per heavy atom. The van der Waals surface area contributed by atoms with Crippen molar-refractivity contribution in [1.29, 1.82) is 0 Å². The van der Waals surface area contributed by atoms with Crippen LogP contribution in [0.2, 0.25) is 0 Å². The smallest absolute Gasteiger partial charge is 0.223 e. The molecule has 2 rings (SSSR count). The molecule has 0 spiro atoms. The van der Waals surface area contributed by atoms with Crippen LogP contribution in [0.15, 0.2) is 6.20 Å². The van der Waals surface area contributed by atoms with Crippen LogP contribution in [0.1, 0.15) is 5.69 Å². The zero-order chi connectivity index (χ0) is 8.55. The van der Waals surface area contributed by atoms with Crippen molar-refractivity contribution in [2.24, 2.45) is 0 Å². The molecule has 0 aliphatic carbocycles. The third kappa shape index (κ3) is 0.903. The second-order valence-corrected chi connectivity index (χ2v) is 2.51. The predicted molar refractivity (Wildman–Crippen MR) is 46.0 cm³/mol. The first-order valence-electron chi connectivity index (χ1n) is 3.66. The summed E-state index contributed by atoms with van der Waals surface area (Å²) in [7, 11) is 1.79. The fourth-order valence-corrected chi connectivity index (χ4v) is 1.10. The maximum Gasteiger partial charge on any atom is 0.223 e. The Hall–Kier alpha value is -1.65. The first-order chi connectivity index (χ1) is 5.81. The molecule has 2 heterocycles. The highest BCUT2D eigenvalue weighted by molar-refractivity contribution is 5.76. The van der Waals surface area contributed by atoms with E-state index in [1.54, 1.807) is 13.2 Å². The van der Waals surface area contributed by atoms with Crippen LogP contribution >= 0.6 is 0 Å². The molecule has 0 radical (unpaired) electrons. The van der Waals surface area contributed by atoms with Gasteiger partial charge in [-0.25, -0.2) is 9.97 Å². The van der Waals surface area contributed by atoms with E-state index in [9.17, 15) is 0 Å². The molecular formula is C7H9N5. The monoisotopic (exact) mass is 163 g/mol. The van der Waals surface area contributed by atoms with Crippen molar-refractivity contribution in [2.45, 2.75) is 6.92 Å². The van der Waals surface area contributed by atoms with Gasteiger partial charge in [-0.3, -0.25) is 5.10 Å². The molecule has 2 aromatic rings. The lowest BCUT2D eigenvalue weighted by Crippen LogP contribution is -1.97. The molecule has 2 N–H and O–H groups in total. The summed E-state index contributed by atoms with van der Waals surface area (Å²) < 4.78 is 0. The van der Waals surface area contributed by atoms with Gasteiger partial charge in [0.25, 0.3) is 0 Å². The summed E-state index contributed by atoms with van der Waals surface area (Å²) in [6.07, 6.45) is 1.69. The molecule has 0 bridgehead atoms. The molecule has 12 heavy (non-hydrogen) atoms. The van der Waals surface area contributed by atoms with Crippen molar-refractivity contribution in [3.8, 4) is 0 Å². The molecule has 0 aliphatic heterocycles. The second-order valence-electron chi connectivity index (χ2n) is 2.51. The van der Waals surface area contributed by atoms with Crippen LogP contribution in [0.3, 0.4) is 0 Å². The van der Waals surface area contributed by atoms with Crippen molar-refractivity contribution < 1.29 is 0 Å². The number of aryl methyl sites for hydroxylation is 1. The van der Waals surface area contributed by atoms with Gasteiger partial charge in [-0.05, 0) is 6.92 Å². The van der Waals surface area contributed by atoms with Crippen molar-refractivity contribution in [3.63, 3.8) is 0 Å². The van der Waals surface area contributed by atoms with Crippen LogP contribution in [-0.2, 0) is 0 Å². The summed E-state index contributed by atoms with van der Waals surface area (Å²) in [4.78, 5) is 8.40. The number of fused-ring (bicyclic) bond motifs is 1. The summed E-state index contributed by atoms with van der Waals surface area (Å²) in [6.45, 7) is 1.92. The molecule has 0 fully saturated rings. The van der Waals surface area contributed by atoms with Crippen LogP contribution in [0.5, 0.6) is 0 Å². The van der Waals surface area contributed by atoms with Gasteiger partial charge in [-0.15, -0.1) is 0 Å². The van der Waals surface area contributed by atoms with E-state index >= 15 is 0 Å². The molecule has 0 saturated heterocycles. The van der Waals surface area contributed by atoms with Crippen molar-refractivity contribution in [3.05, 3.63) is 11.9 Å². The maximum absolute atomic E-state index is 4.20. The van der Waals surface area contributed by atoms with E-state index in [1.165, 1.54) is 0 Å². The number of aromatic amines is 1. The maximum atomic E-state index is 4.20. The molecule has 0 amide bonds. The number of nitrogens with one attached hydrogen (secondary N) is 2. The van der Waals surface area contributed by atoms with Crippen LogP contribution in [0, 0.1) is 6.92 Å². The Morgan fingerprint density at radius 3 is 3.00 bits per heavy atom. The van der Waals surface area contributed by atoms with Gasteiger partial charge in [0.05, 0.1) is 11.9 Å². The largest absolute Gasteiger partial charge is 0.357 e. The number of H-pyrrole nitrogens is 1. The van der Waals surface area contributed by atoms with Gasteiger partial charge in [-0.1, -0.05) is 0 Å². The Bertz CT molecular complexity index is 405. The summed E-state index contributed by atoms with van der Waals surface area (Å²) in [5.41, 5.74) is 2.64. The molecule has 5 heteroatoms.